The summed E-state index contributed by atoms with van der Waals surface area (Å²) < 4.78 is 0. The Kier molecular flexibility index (Phi) is 2.43. The Labute approximate surface area is 62.1 Å². The molecule has 0 aliphatic rings. The Morgan fingerprint density at radius 2 is 2.50 bits per heavy atom. The molecule has 1 radical (unpaired) electrons. The van der Waals surface area contributed by atoms with Crippen LogP contribution >= 0.6 is 0 Å². The maximum Gasteiger partial charge on any atom is 0.0437 e. The first-order chi connectivity index (χ1) is 4.84. The van der Waals surface area contributed by atoms with Crippen molar-refractivity contribution in [1.29, 1.82) is 0 Å². The van der Waals surface area contributed by atoms with Crippen LogP contribution in [0.25, 0.3) is 0 Å². The summed E-state index contributed by atoms with van der Waals surface area (Å²) in [4.78, 5) is 4.22. The van der Waals surface area contributed by atoms with E-state index in [0.717, 1.165) is 12.1 Å². The van der Waals surface area contributed by atoms with Crippen LogP contribution in [0.15, 0.2) is 18.3 Å². The molecule has 1 unspecified atom stereocenters. The largest absolute Gasteiger partial charge is 0.261 e. The topological polar surface area (TPSA) is 12.9 Å². The van der Waals surface area contributed by atoms with Crippen LogP contribution < -0.4 is 0 Å². The molecule has 0 spiro atoms. The molecule has 0 bridgehead atoms. The summed E-state index contributed by atoms with van der Waals surface area (Å²) in [5.41, 5.74) is 1.14. The number of hydrogen-bond acceptors (Lipinski definition) is 1. The van der Waals surface area contributed by atoms with Gasteiger partial charge in [0.1, 0.15) is 0 Å². The van der Waals surface area contributed by atoms with Crippen molar-refractivity contribution in [2.24, 2.45) is 0 Å². The molecule has 0 saturated carbocycles. The maximum absolute atomic E-state index is 4.22. The average molecular weight is 134 g/mol. The minimum Gasteiger partial charge on any atom is -0.261 e. The van der Waals surface area contributed by atoms with E-state index in [9.17, 15) is 0 Å². The number of rotatable bonds is 2. The first-order valence-corrected chi connectivity index (χ1v) is 3.66. The number of hydrogen-bond donors (Lipinski definition) is 0. The molecule has 0 aliphatic carbocycles. The van der Waals surface area contributed by atoms with Gasteiger partial charge in [0.05, 0.1) is 0 Å². The van der Waals surface area contributed by atoms with E-state index >= 15 is 0 Å². The second-order valence-corrected chi connectivity index (χ2v) is 2.49. The van der Waals surface area contributed by atoms with Gasteiger partial charge in [-0.3, -0.25) is 4.98 Å². The van der Waals surface area contributed by atoms with E-state index in [1.807, 2.05) is 12.1 Å². The van der Waals surface area contributed by atoms with Gasteiger partial charge in [0, 0.05) is 11.9 Å². The third kappa shape index (κ3) is 1.56. The summed E-state index contributed by atoms with van der Waals surface area (Å²) in [7, 11) is 0. The van der Waals surface area contributed by atoms with Crippen LogP contribution in [0.1, 0.15) is 31.9 Å². The first kappa shape index (κ1) is 7.26. The second kappa shape index (κ2) is 3.35. The van der Waals surface area contributed by atoms with E-state index in [0.29, 0.717) is 5.92 Å². The van der Waals surface area contributed by atoms with Gasteiger partial charge < -0.3 is 0 Å². The highest BCUT2D eigenvalue weighted by Gasteiger charge is 2.00. The van der Waals surface area contributed by atoms with Crippen molar-refractivity contribution in [2.75, 3.05) is 0 Å². The first-order valence-electron chi connectivity index (χ1n) is 3.66. The molecular formula is C9H12N. The monoisotopic (exact) mass is 134 g/mol. The van der Waals surface area contributed by atoms with E-state index < -0.39 is 0 Å². The number of nitrogens with zero attached hydrogens (tertiary/aromatic N) is 1. The highest BCUT2D eigenvalue weighted by atomic mass is 14.7. The van der Waals surface area contributed by atoms with Crippen LogP contribution in [0.5, 0.6) is 0 Å². The van der Waals surface area contributed by atoms with Crippen LogP contribution in [0.3, 0.4) is 0 Å². The fourth-order valence-electron chi connectivity index (χ4n) is 0.816. The van der Waals surface area contributed by atoms with Crippen LogP contribution in [0, 0.1) is 6.07 Å². The molecule has 10 heavy (non-hydrogen) atoms. The fraction of sp³-hybridized carbons (Fsp3) is 0.444. The molecule has 1 atom stereocenters. The van der Waals surface area contributed by atoms with Gasteiger partial charge in [-0.25, -0.2) is 0 Å². The molecule has 1 rings (SSSR count). The van der Waals surface area contributed by atoms with Gasteiger partial charge in [-0.05, 0) is 30.5 Å². The van der Waals surface area contributed by atoms with Gasteiger partial charge in [-0.15, -0.1) is 0 Å². The summed E-state index contributed by atoms with van der Waals surface area (Å²) in [6.45, 7) is 4.34. The van der Waals surface area contributed by atoms with Crippen molar-refractivity contribution < 1.29 is 0 Å². The zero-order valence-electron chi connectivity index (χ0n) is 6.46. The maximum atomic E-state index is 4.22. The predicted octanol–water partition coefficient (Wildman–Crippen LogP) is 2.40. The molecule has 0 aliphatic heterocycles. The Balaban J connectivity index is 2.75. The normalized spacial score (nSPS) is 13.0. The molecule has 0 fully saturated rings. The van der Waals surface area contributed by atoms with Gasteiger partial charge in [0.15, 0.2) is 0 Å². The van der Waals surface area contributed by atoms with Crippen LogP contribution in [0.2, 0.25) is 0 Å². The zero-order valence-corrected chi connectivity index (χ0v) is 6.46. The van der Waals surface area contributed by atoms with E-state index in [-0.39, 0.29) is 0 Å². The fourth-order valence-corrected chi connectivity index (χ4v) is 0.816. The molecule has 1 heterocycles. The lowest BCUT2D eigenvalue weighted by Gasteiger charge is -2.05. The standard InChI is InChI=1S/C9H12N/c1-3-8(2)9-6-4-5-7-10-9/h5-8H,3H2,1-2H3. The van der Waals surface area contributed by atoms with Crippen molar-refractivity contribution in [2.45, 2.75) is 26.2 Å². The third-order valence-electron chi connectivity index (χ3n) is 1.74. The number of aromatic nitrogens is 1. The van der Waals surface area contributed by atoms with Crippen molar-refractivity contribution >= 4 is 0 Å². The smallest absolute Gasteiger partial charge is 0.0437 e. The van der Waals surface area contributed by atoms with E-state index in [2.05, 4.69) is 24.9 Å². The molecular weight excluding hydrogens is 122 g/mol. The summed E-state index contributed by atoms with van der Waals surface area (Å²) in [6, 6.07) is 6.79. The molecule has 0 saturated heterocycles. The quantitative estimate of drug-likeness (QED) is 0.605. The average Bonchev–Trinajstić information content (AvgIpc) is 2.05. The summed E-state index contributed by atoms with van der Waals surface area (Å²) in [6.07, 6.45) is 2.94. The molecule has 53 valence electrons. The van der Waals surface area contributed by atoms with Crippen molar-refractivity contribution in [1.82, 2.24) is 4.98 Å². The Morgan fingerprint density at radius 3 is 3.00 bits per heavy atom. The summed E-state index contributed by atoms with van der Waals surface area (Å²) in [5, 5.41) is 0. The summed E-state index contributed by atoms with van der Waals surface area (Å²) >= 11 is 0. The van der Waals surface area contributed by atoms with Crippen molar-refractivity contribution in [3.8, 4) is 0 Å². The lowest BCUT2D eigenvalue weighted by molar-refractivity contribution is 0.708. The van der Waals surface area contributed by atoms with Crippen LogP contribution in [-0.4, -0.2) is 4.98 Å². The predicted molar refractivity (Wildman–Crippen MR) is 41.8 cm³/mol. The van der Waals surface area contributed by atoms with Crippen LogP contribution in [-0.2, 0) is 0 Å². The highest BCUT2D eigenvalue weighted by Crippen LogP contribution is 2.13. The Hall–Kier alpha value is -0.850. The molecule has 1 heteroatoms. The minimum atomic E-state index is 0.567. The molecule has 1 nitrogen and oxygen atoms in total. The van der Waals surface area contributed by atoms with Gasteiger partial charge in [0.25, 0.3) is 0 Å². The van der Waals surface area contributed by atoms with Crippen molar-refractivity contribution in [3.05, 3.63) is 30.1 Å². The van der Waals surface area contributed by atoms with E-state index in [4.69, 9.17) is 0 Å². The second-order valence-electron chi connectivity index (χ2n) is 2.49. The van der Waals surface area contributed by atoms with Crippen molar-refractivity contribution in [3.63, 3.8) is 0 Å². The molecule has 0 N–H and O–H groups in total. The number of pyridine rings is 1. The Bertz CT molecular complexity index is 181. The van der Waals surface area contributed by atoms with Crippen LogP contribution in [0.4, 0.5) is 0 Å². The SMILES string of the molecule is CCC(C)c1c[c]ccn1. The summed E-state index contributed by atoms with van der Waals surface area (Å²) in [5.74, 6) is 0.567. The van der Waals surface area contributed by atoms with Gasteiger partial charge in [0.2, 0.25) is 0 Å². The molecule has 0 aromatic carbocycles. The highest BCUT2D eigenvalue weighted by molar-refractivity contribution is 5.06. The minimum absolute atomic E-state index is 0.567. The van der Waals surface area contributed by atoms with E-state index in [1.54, 1.807) is 6.20 Å². The lowest BCUT2D eigenvalue weighted by Crippen LogP contribution is -1.93. The van der Waals surface area contributed by atoms with Gasteiger partial charge in [-0.1, -0.05) is 13.8 Å². The lowest BCUT2D eigenvalue weighted by atomic mass is 10.1. The third-order valence-corrected chi connectivity index (χ3v) is 1.74. The van der Waals surface area contributed by atoms with Gasteiger partial charge >= 0.3 is 0 Å². The van der Waals surface area contributed by atoms with E-state index in [1.165, 1.54) is 0 Å². The zero-order chi connectivity index (χ0) is 7.40. The molecule has 1 aromatic rings. The molecule has 1 aromatic heterocycles. The Morgan fingerprint density at radius 1 is 1.70 bits per heavy atom. The molecule has 0 amide bonds. The van der Waals surface area contributed by atoms with Gasteiger partial charge in [-0.2, -0.15) is 0 Å².